The molecule has 0 atom stereocenters. The zero-order chi connectivity index (χ0) is 15.5. The Hall–Kier alpha value is -1.06. The minimum Gasteiger partial charge on any atom is -0.388 e. The van der Waals surface area contributed by atoms with E-state index in [9.17, 15) is 5.11 Å². The fourth-order valence-electron chi connectivity index (χ4n) is 3.26. The topological polar surface area (TPSA) is 35.5 Å². The van der Waals surface area contributed by atoms with Crippen molar-refractivity contribution in [1.29, 1.82) is 0 Å². The summed E-state index contributed by atoms with van der Waals surface area (Å²) in [5, 5.41) is 14.1. The monoisotopic (exact) mass is 290 g/mol. The smallest absolute Gasteiger partial charge is 0.0821 e. The van der Waals surface area contributed by atoms with Crippen LogP contribution >= 0.6 is 0 Å². The molecular weight excluding hydrogens is 260 g/mol. The summed E-state index contributed by atoms with van der Waals surface area (Å²) in [4.78, 5) is 2.22. The van der Waals surface area contributed by atoms with E-state index in [0.717, 1.165) is 38.8 Å². The first-order valence-electron chi connectivity index (χ1n) is 8.16. The Morgan fingerprint density at radius 1 is 1.29 bits per heavy atom. The highest BCUT2D eigenvalue weighted by atomic mass is 16.3. The normalized spacial score (nSPS) is 17.4. The van der Waals surface area contributed by atoms with Crippen molar-refractivity contribution in [3.05, 3.63) is 29.3 Å². The van der Waals surface area contributed by atoms with Crippen molar-refractivity contribution in [2.24, 2.45) is 0 Å². The molecule has 1 fully saturated rings. The second-order valence-corrected chi connectivity index (χ2v) is 6.96. The first-order valence-corrected chi connectivity index (χ1v) is 8.16. The first-order chi connectivity index (χ1) is 9.89. The number of nitrogens with zero attached hydrogens (tertiary/aromatic N) is 1. The molecule has 0 saturated heterocycles. The van der Waals surface area contributed by atoms with Crippen LogP contribution in [0.5, 0.6) is 0 Å². The lowest BCUT2D eigenvalue weighted by molar-refractivity contribution is 0.0559. The van der Waals surface area contributed by atoms with Gasteiger partial charge in [0.15, 0.2) is 0 Å². The Morgan fingerprint density at radius 3 is 2.57 bits per heavy atom. The van der Waals surface area contributed by atoms with Gasteiger partial charge >= 0.3 is 0 Å². The third-order valence-corrected chi connectivity index (χ3v) is 4.41. The zero-order valence-electron chi connectivity index (χ0n) is 13.9. The Morgan fingerprint density at radius 2 is 1.95 bits per heavy atom. The van der Waals surface area contributed by atoms with E-state index in [2.05, 4.69) is 56.2 Å². The third kappa shape index (κ3) is 4.45. The second kappa shape index (κ2) is 6.80. The maximum atomic E-state index is 10.6. The SMILES string of the molecule is Cc1ccc(N(C)CC2(O)CCCC2)c(CNC(C)C)c1. The zero-order valence-corrected chi connectivity index (χ0v) is 13.9. The predicted molar refractivity (Wildman–Crippen MR) is 89.8 cm³/mol. The number of hydrogen-bond acceptors (Lipinski definition) is 3. The number of likely N-dealkylation sites (N-methyl/N-ethyl adjacent to an activating group) is 1. The van der Waals surface area contributed by atoms with Crippen molar-refractivity contribution < 1.29 is 5.11 Å². The molecule has 2 N–H and O–H groups in total. The van der Waals surface area contributed by atoms with Gasteiger partial charge in [-0.3, -0.25) is 0 Å². The van der Waals surface area contributed by atoms with Crippen molar-refractivity contribution in [3.63, 3.8) is 0 Å². The molecule has 1 saturated carbocycles. The van der Waals surface area contributed by atoms with Gasteiger partial charge in [0.25, 0.3) is 0 Å². The molecule has 3 heteroatoms. The molecule has 21 heavy (non-hydrogen) atoms. The molecule has 118 valence electrons. The lowest BCUT2D eigenvalue weighted by atomic mass is 10.0. The van der Waals surface area contributed by atoms with Crippen molar-refractivity contribution >= 4 is 5.69 Å². The molecule has 0 aliphatic heterocycles. The fourth-order valence-corrected chi connectivity index (χ4v) is 3.26. The number of rotatable bonds is 6. The summed E-state index contributed by atoms with van der Waals surface area (Å²) < 4.78 is 0. The van der Waals surface area contributed by atoms with Crippen LogP contribution in [0.2, 0.25) is 0 Å². The van der Waals surface area contributed by atoms with Gasteiger partial charge in [-0.2, -0.15) is 0 Å². The molecule has 0 radical (unpaired) electrons. The van der Waals surface area contributed by atoms with E-state index in [1.807, 2.05) is 0 Å². The number of aryl methyl sites for hydroxylation is 1. The molecule has 3 nitrogen and oxygen atoms in total. The van der Waals surface area contributed by atoms with Crippen LogP contribution in [-0.4, -0.2) is 30.3 Å². The van der Waals surface area contributed by atoms with E-state index in [-0.39, 0.29) is 0 Å². The van der Waals surface area contributed by atoms with Crippen LogP contribution < -0.4 is 10.2 Å². The van der Waals surface area contributed by atoms with E-state index in [4.69, 9.17) is 0 Å². The Bertz CT molecular complexity index is 464. The highest BCUT2D eigenvalue weighted by Crippen LogP contribution is 2.32. The summed E-state index contributed by atoms with van der Waals surface area (Å²) in [6.45, 7) is 8.07. The largest absolute Gasteiger partial charge is 0.388 e. The summed E-state index contributed by atoms with van der Waals surface area (Å²) in [6.07, 6.45) is 4.17. The molecule has 0 unspecified atom stereocenters. The van der Waals surface area contributed by atoms with Gasteiger partial charge in [-0.05, 0) is 31.4 Å². The van der Waals surface area contributed by atoms with Crippen LogP contribution in [0.3, 0.4) is 0 Å². The second-order valence-electron chi connectivity index (χ2n) is 6.96. The minimum atomic E-state index is -0.498. The van der Waals surface area contributed by atoms with Gasteiger partial charge in [0.2, 0.25) is 0 Å². The van der Waals surface area contributed by atoms with Crippen LogP contribution in [0, 0.1) is 6.92 Å². The molecule has 1 aliphatic carbocycles. The fraction of sp³-hybridized carbons (Fsp3) is 0.667. The van der Waals surface area contributed by atoms with Gasteiger partial charge in [-0.1, -0.05) is 44.4 Å². The van der Waals surface area contributed by atoms with E-state index in [1.54, 1.807) is 0 Å². The average Bonchev–Trinajstić information content (AvgIpc) is 2.82. The number of nitrogens with one attached hydrogen (secondary N) is 1. The Kier molecular flexibility index (Phi) is 5.28. The molecule has 0 heterocycles. The van der Waals surface area contributed by atoms with Crippen molar-refractivity contribution in [3.8, 4) is 0 Å². The van der Waals surface area contributed by atoms with E-state index < -0.39 is 5.60 Å². The summed E-state index contributed by atoms with van der Waals surface area (Å²) in [7, 11) is 2.10. The highest BCUT2D eigenvalue weighted by molar-refractivity contribution is 5.54. The number of aliphatic hydroxyl groups is 1. The predicted octanol–water partition coefficient (Wildman–Crippen LogP) is 3.23. The standard InChI is InChI=1S/C18H30N2O/c1-14(2)19-12-16-11-15(3)7-8-17(16)20(4)13-18(21)9-5-6-10-18/h7-8,11,14,19,21H,5-6,9-10,12-13H2,1-4H3. The van der Waals surface area contributed by atoms with Crippen LogP contribution in [0.4, 0.5) is 5.69 Å². The number of hydrogen-bond donors (Lipinski definition) is 2. The van der Waals surface area contributed by atoms with Crippen molar-refractivity contribution in [2.45, 2.75) is 64.6 Å². The van der Waals surface area contributed by atoms with Crippen molar-refractivity contribution in [1.82, 2.24) is 5.32 Å². The van der Waals surface area contributed by atoms with E-state index >= 15 is 0 Å². The number of benzene rings is 1. The van der Waals surface area contributed by atoms with Crippen LogP contribution in [-0.2, 0) is 6.54 Å². The summed E-state index contributed by atoms with van der Waals surface area (Å²) in [5.74, 6) is 0. The maximum absolute atomic E-state index is 10.6. The lowest BCUT2D eigenvalue weighted by Gasteiger charge is -2.31. The average molecular weight is 290 g/mol. The van der Waals surface area contributed by atoms with Gasteiger partial charge in [0, 0.05) is 31.9 Å². The molecule has 0 amide bonds. The molecule has 2 rings (SSSR count). The van der Waals surface area contributed by atoms with Crippen LogP contribution in [0.1, 0.15) is 50.7 Å². The summed E-state index contributed by atoms with van der Waals surface area (Å²) >= 11 is 0. The van der Waals surface area contributed by atoms with Gasteiger partial charge < -0.3 is 15.3 Å². The molecule has 0 bridgehead atoms. The minimum absolute atomic E-state index is 0.475. The third-order valence-electron chi connectivity index (χ3n) is 4.41. The molecular formula is C18H30N2O. The first kappa shape index (κ1) is 16.3. The molecule has 1 aromatic rings. The molecule has 1 aliphatic rings. The summed E-state index contributed by atoms with van der Waals surface area (Å²) in [6, 6.07) is 7.07. The molecule has 0 spiro atoms. The maximum Gasteiger partial charge on any atom is 0.0821 e. The Labute approximate surface area is 129 Å². The highest BCUT2D eigenvalue weighted by Gasteiger charge is 2.32. The van der Waals surface area contributed by atoms with Gasteiger partial charge in [-0.25, -0.2) is 0 Å². The van der Waals surface area contributed by atoms with E-state index in [0.29, 0.717) is 6.04 Å². The van der Waals surface area contributed by atoms with Gasteiger partial charge in [0.05, 0.1) is 5.60 Å². The Balaban J connectivity index is 2.13. The quantitative estimate of drug-likeness (QED) is 0.844. The molecule has 1 aromatic carbocycles. The van der Waals surface area contributed by atoms with Crippen LogP contribution in [0.15, 0.2) is 18.2 Å². The van der Waals surface area contributed by atoms with E-state index in [1.165, 1.54) is 16.8 Å². The van der Waals surface area contributed by atoms with Gasteiger partial charge in [-0.15, -0.1) is 0 Å². The van der Waals surface area contributed by atoms with Gasteiger partial charge in [0.1, 0.15) is 0 Å². The van der Waals surface area contributed by atoms with Crippen molar-refractivity contribution in [2.75, 3.05) is 18.5 Å². The molecule has 0 aromatic heterocycles. The number of anilines is 1. The lowest BCUT2D eigenvalue weighted by Crippen LogP contribution is -2.39. The summed E-state index contributed by atoms with van der Waals surface area (Å²) in [5.41, 5.74) is 3.33. The van der Waals surface area contributed by atoms with Crippen LogP contribution in [0.25, 0.3) is 0 Å².